The van der Waals surface area contributed by atoms with Gasteiger partial charge in [0.1, 0.15) is 0 Å². The van der Waals surface area contributed by atoms with Crippen molar-refractivity contribution in [1.29, 1.82) is 0 Å². The Morgan fingerprint density at radius 1 is 1.25 bits per heavy atom. The Bertz CT molecular complexity index is 488. The van der Waals surface area contributed by atoms with Crippen LogP contribution in [0, 0.1) is 0 Å². The number of rotatable bonds is 4. The summed E-state index contributed by atoms with van der Waals surface area (Å²) in [6.45, 7) is 7.26. The quantitative estimate of drug-likeness (QED) is 0.921. The molecule has 0 radical (unpaired) electrons. The fraction of sp³-hybridized carbons (Fsp3) is 0.688. The number of hydrogen-bond acceptors (Lipinski definition) is 3. The van der Waals surface area contributed by atoms with Crippen molar-refractivity contribution < 1.29 is 5.11 Å². The van der Waals surface area contributed by atoms with Crippen molar-refractivity contribution in [2.75, 3.05) is 13.1 Å². The fourth-order valence-electron chi connectivity index (χ4n) is 2.84. The minimum absolute atomic E-state index is 0.148. The standard InChI is InChI=1S/C16H26N2O2/c1-3-13(2)18-12-16(20)15(19)10-14(18)11-17-8-6-4-5-7-9-17/h10,12-13,20H,3-9,11H2,1-2H3. The highest BCUT2D eigenvalue weighted by Crippen LogP contribution is 2.19. The first kappa shape index (κ1) is 15.1. The van der Waals surface area contributed by atoms with E-state index in [1.54, 1.807) is 12.3 Å². The highest BCUT2D eigenvalue weighted by molar-refractivity contribution is 5.21. The van der Waals surface area contributed by atoms with Crippen molar-refractivity contribution in [2.45, 2.75) is 58.5 Å². The van der Waals surface area contributed by atoms with Crippen LogP contribution < -0.4 is 5.43 Å². The van der Waals surface area contributed by atoms with Crippen molar-refractivity contribution in [3.05, 3.63) is 28.2 Å². The van der Waals surface area contributed by atoms with Crippen LogP contribution in [0.4, 0.5) is 0 Å². The van der Waals surface area contributed by atoms with Crippen LogP contribution in [0.3, 0.4) is 0 Å². The van der Waals surface area contributed by atoms with Gasteiger partial charge in [0.25, 0.3) is 0 Å². The molecule has 0 aromatic carbocycles. The maximum absolute atomic E-state index is 11.7. The number of likely N-dealkylation sites (tertiary alicyclic amines) is 1. The van der Waals surface area contributed by atoms with E-state index in [4.69, 9.17) is 0 Å². The number of aromatic nitrogens is 1. The summed E-state index contributed by atoms with van der Waals surface area (Å²) in [6.07, 6.45) is 7.69. The van der Waals surface area contributed by atoms with Gasteiger partial charge < -0.3 is 9.67 Å². The second-order valence-electron chi connectivity index (χ2n) is 5.87. The molecule has 1 aromatic rings. The molecule has 0 amide bonds. The molecule has 1 aliphatic heterocycles. The Labute approximate surface area is 121 Å². The Kier molecular flexibility index (Phi) is 5.24. The molecule has 20 heavy (non-hydrogen) atoms. The number of aromatic hydroxyl groups is 1. The highest BCUT2D eigenvalue weighted by Gasteiger charge is 2.15. The molecule has 0 spiro atoms. The largest absolute Gasteiger partial charge is 0.503 e. The van der Waals surface area contributed by atoms with Gasteiger partial charge in [-0.2, -0.15) is 0 Å². The molecule has 4 heteroatoms. The summed E-state index contributed by atoms with van der Waals surface area (Å²) in [6, 6.07) is 1.90. The second kappa shape index (κ2) is 6.93. The van der Waals surface area contributed by atoms with E-state index in [0.29, 0.717) is 6.04 Å². The molecule has 2 heterocycles. The van der Waals surface area contributed by atoms with Gasteiger partial charge in [-0.05, 0) is 39.3 Å². The topological polar surface area (TPSA) is 45.5 Å². The van der Waals surface area contributed by atoms with Gasteiger partial charge in [0, 0.05) is 24.3 Å². The van der Waals surface area contributed by atoms with Gasteiger partial charge >= 0.3 is 0 Å². The number of pyridine rings is 1. The van der Waals surface area contributed by atoms with E-state index in [0.717, 1.165) is 31.7 Å². The predicted octanol–water partition coefficient (Wildman–Crippen LogP) is 2.90. The fourth-order valence-corrected chi connectivity index (χ4v) is 2.84. The van der Waals surface area contributed by atoms with Crippen molar-refractivity contribution in [1.82, 2.24) is 9.47 Å². The van der Waals surface area contributed by atoms with E-state index >= 15 is 0 Å². The molecule has 4 nitrogen and oxygen atoms in total. The summed E-state index contributed by atoms with van der Waals surface area (Å²) in [5.74, 6) is -0.148. The second-order valence-corrected chi connectivity index (χ2v) is 5.87. The van der Waals surface area contributed by atoms with Gasteiger partial charge in [-0.3, -0.25) is 9.69 Å². The van der Waals surface area contributed by atoms with Crippen molar-refractivity contribution >= 4 is 0 Å². The summed E-state index contributed by atoms with van der Waals surface area (Å²) < 4.78 is 2.06. The van der Waals surface area contributed by atoms with Crippen LogP contribution in [0.25, 0.3) is 0 Å². The van der Waals surface area contributed by atoms with Crippen molar-refractivity contribution in [2.24, 2.45) is 0 Å². The van der Waals surface area contributed by atoms with E-state index in [1.165, 1.54) is 25.7 Å². The minimum atomic E-state index is -0.269. The van der Waals surface area contributed by atoms with E-state index < -0.39 is 0 Å². The number of hydrogen-bond donors (Lipinski definition) is 1. The lowest BCUT2D eigenvalue weighted by molar-refractivity contribution is 0.265. The third kappa shape index (κ3) is 3.63. The molecule has 1 unspecified atom stereocenters. The van der Waals surface area contributed by atoms with E-state index in [-0.39, 0.29) is 11.2 Å². The molecule has 1 aromatic heterocycles. The predicted molar refractivity (Wildman–Crippen MR) is 81.1 cm³/mol. The Balaban J connectivity index is 2.24. The molecule has 2 rings (SSSR count). The van der Waals surface area contributed by atoms with Crippen LogP contribution in [0.2, 0.25) is 0 Å². The van der Waals surface area contributed by atoms with Gasteiger partial charge in [0.15, 0.2) is 5.75 Å². The van der Waals surface area contributed by atoms with Crippen molar-refractivity contribution in [3.8, 4) is 5.75 Å². The third-order valence-electron chi connectivity index (χ3n) is 4.29. The zero-order valence-corrected chi connectivity index (χ0v) is 12.6. The van der Waals surface area contributed by atoms with Gasteiger partial charge in [-0.15, -0.1) is 0 Å². The maximum atomic E-state index is 11.7. The minimum Gasteiger partial charge on any atom is -0.503 e. The average molecular weight is 278 g/mol. The first-order chi connectivity index (χ1) is 9.61. The van der Waals surface area contributed by atoms with Crippen LogP contribution in [0.1, 0.15) is 57.7 Å². The molecule has 1 fully saturated rings. The molecule has 0 saturated carbocycles. The van der Waals surface area contributed by atoms with Gasteiger partial charge in [-0.25, -0.2) is 0 Å². The summed E-state index contributed by atoms with van der Waals surface area (Å²) >= 11 is 0. The smallest absolute Gasteiger partial charge is 0.223 e. The lowest BCUT2D eigenvalue weighted by Crippen LogP contribution is -2.27. The molecule has 1 atom stereocenters. The Morgan fingerprint density at radius 2 is 1.90 bits per heavy atom. The molecule has 0 aliphatic carbocycles. The average Bonchev–Trinajstić information content (AvgIpc) is 2.70. The van der Waals surface area contributed by atoms with Crippen LogP contribution in [0.15, 0.2) is 17.1 Å². The van der Waals surface area contributed by atoms with Crippen molar-refractivity contribution in [3.63, 3.8) is 0 Å². The van der Waals surface area contributed by atoms with Gasteiger partial charge in [0.05, 0.1) is 6.20 Å². The molecule has 1 aliphatic rings. The van der Waals surface area contributed by atoms with E-state index in [1.807, 2.05) is 0 Å². The number of nitrogens with zero attached hydrogens (tertiary/aromatic N) is 2. The lowest BCUT2D eigenvalue weighted by Gasteiger charge is -2.25. The van der Waals surface area contributed by atoms with Crippen LogP contribution in [0.5, 0.6) is 5.75 Å². The summed E-state index contributed by atoms with van der Waals surface area (Å²) in [5, 5.41) is 9.67. The normalized spacial score (nSPS) is 18.7. The zero-order chi connectivity index (χ0) is 14.5. The van der Waals surface area contributed by atoms with E-state index in [2.05, 4.69) is 23.3 Å². The molecule has 112 valence electrons. The maximum Gasteiger partial charge on any atom is 0.223 e. The Hall–Kier alpha value is -1.29. The molecular formula is C16H26N2O2. The summed E-state index contributed by atoms with van der Waals surface area (Å²) in [4.78, 5) is 14.2. The molecule has 1 saturated heterocycles. The summed E-state index contributed by atoms with van der Waals surface area (Å²) in [7, 11) is 0. The van der Waals surface area contributed by atoms with Gasteiger partial charge in [0.2, 0.25) is 5.43 Å². The third-order valence-corrected chi connectivity index (χ3v) is 4.29. The molecule has 1 N–H and O–H groups in total. The first-order valence-electron chi connectivity index (χ1n) is 7.78. The SMILES string of the molecule is CCC(C)n1cc(O)c(=O)cc1CN1CCCCCC1. The van der Waals surface area contributed by atoms with Crippen LogP contribution in [-0.4, -0.2) is 27.7 Å². The zero-order valence-electron chi connectivity index (χ0n) is 12.6. The monoisotopic (exact) mass is 278 g/mol. The highest BCUT2D eigenvalue weighted by atomic mass is 16.3. The lowest BCUT2D eigenvalue weighted by atomic mass is 10.2. The summed E-state index contributed by atoms with van der Waals surface area (Å²) in [5.41, 5.74) is 0.749. The van der Waals surface area contributed by atoms with Crippen LogP contribution in [-0.2, 0) is 6.54 Å². The van der Waals surface area contributed by atoms with E-state index in [9.17, 15) is 9.90 Å². The first-order valence-corrected chi connectivity index (χ1v) is 7.78. The Morgan fingerprint density at radius 3 is 2.50 bits per heavy atom. The molecular weight excluding hydrogens is 252 g/mol. The van der Waals surface area contributed by atoms with Gasteiger partial charge in [-0.1, -0.05) is 19.8 Å². The molecule has 0 bridgehead atoms. The van der Waals surface area contributed by atoms with Crippen LogP contribution >= 0.6 is 0 Å².